The van der Waals surface area contributed by atoms with E-state index >= 15 is 0 Å². The Hall–Kier alpha value is -4.02. The zero-order valence-corrected chi connectivity index (χ0v) is 23.6. The smallest absolute Gasteiger partial charge is 0.204 e. The molecule has 2 fully saturated rings. The van der Waals surface area contributed by atoms with Gasteiger partial charge in [-0.15, -0.1) is 10.2 Å². The topological polar surface area (TPSA) is 78.2 Å². The minimum Gasteiger partial charge on any atom is -0.497 e. The quantitative estimate of drug-likeness (QED) is 0.343. The number of fused-ring (bicyclic) bond motifs is 4. The first kappa shape index (κ1) is 25.0. The fraction of sp³-hybridized carbons (Fsp3) is 0.400. The number of likely N-dealkylation sites (N-methyl/N-ethyl adjacent to an activating group) is 2. The van der Waals surface area contributed by atoms with Gasteiger partial charge in [-0.1, -0.05) is 6.07 Å². The van der Waals surface area contributed by atoms with Gasteiger partial charge in [-0.05, 0) is 63.0 Å². The van der Waals surface area contributed by atoms with Crippen molar-refractivity contribution in [1.82, 2.24) is 34.4 Å². The highest BCUT2D eigenvalue weighted by molar-refractivity contribution is 5.92. The molecule has 0 bridgehead atoms. The van der Waals surface area contributed by atoms with Gasteiger partial charge in [0.25, 0.3) is 0 Å². The van der Waals surface area contributed by atoms with Crippen molar-refractivity contribution in [3.05, 3.63) is 48.0 Å². The molecule has 0 radical (unpaired) electrons. The first-order chi connectivity index (χ1) is 19.5. The zero-order valence-electron chi connectivity index (χ0n) is 23.6. The third kappa shape index (κ3) is 4.28. The van der Waals surface area contributed by atoms with E-state index in [4.69, 9.17) is 24.9 Å². The van der Waals surface area contributed by atoms with Gasteiger partial charge in [0.1, 0.15) is 11.6 Å². The molecule has 2 aliphatic rings. The molecule has 0 amide bonds. The molecule has 0 unspecified atom stereocenters. The second kappa shape index (κ2) is 9.87. The molecular weight excluding hydrogens is 502 g/mol. The summed E-state index contributed by atoms with van der Waals surface area (Å²) in [6.07, 6.45) is 0. The lowest BCUT2D eigenvalue weighted by Gasteiger charge is -2.34. The summed E-state index contributed by atoms with van der Waals surface area (Å²) in [5.41, 5.74) is 5.80. The largest absolute Gasteiger partial charge is 0.497 e. The molecule has 3 aromatic heterocycles. The van der Waals surface area contributed by atoms with Crippen molar-refractivity contribution in [3.8, 4) is 17.1 Å². The Kier molecular flexibility index (Phi) is 6.16. The molecule has 0 saturated carbocycles. The van der Waals surface area contributed by atoms with Crippen LogP contribution in [0, 0.1) is 6.92 Å². The van der Waals surface area contributed by atoms with Crippen molar-refractivity contribution in [2.24, 2.45) is 0 Å². The number of methoxy groups -OCH3 is 1. The molecule has 10 heteroatoms. The summed E-state index contributed by atoms with van der Waals surface area (Å²) in [5.74, 6) is 3.43. The summed E-state index contributed by atoms with van der Waals surface area (Å²) in [5, 5.41) is 10.7. The maximum absolute atomic E-state index is 5.55. The Labute approximate surface area is 233 Å². The molecule has 2 aliphatic heterocycles. The lowest BCUT2D eigenvalue weighted by Crippen LogP contribution is -2.45. The van der Waals surface area contributed by atoms with Crippen LogP contribution in [0.3, 0.4) is 0 Å². The van der Waals surface area contributed by atoms with Crippen LogP contribution >= 0.6 is 0 Å². The van der Waals surface area contributed by atoms with E-state index in [1.807, 2.05) is 18.2 Å². The van der Waals surface area contributed by atoms with Gasteiger partial charge in [0.05, 0.1) is 29.2 Å². The minimum atomic E-state index is 0.785. The number of aromatic nitrogens is 5. The predicted octanol–water partition coefficient (Wildman–Crippen LogP) is 3.31. The number of benzene rings is 2. The maximum Gasteiger partial charge on any atom is 0.204 e. The van der Waals surface area contributed by atoms with Crippen LogP contribution in [0.5, 0.6) is 5.75 Å². The van der Waals surface area contributed by atoms with Crippen LogP contribution in [0.1, 0.15) is 5.56 Å². The van der Waals surface area contributed by atoms with Crippen LogP contribution in [-0.2, 0) is 0 Å². The summed E-state index contributed by atoms with van der Waals surface area (Å²) >= 11 is 0. The lowest BCUT2D eigenvalue weighted by molar-refractivity contribution is 0.312. The fourth-order valence-electron chi connectivity index (χ4n) is 5.83. The summed E-state index contributed by atoms with van der Waals surface area (Å²) in [6.45, 7) is 9.69. The molecule has 0 aliphatic carbocycles. The maximum atomic E-state index is 5.55. The van der Waals surface area contributed by atoms with Crippen LogP contribution in [0.4, 0.5) is 11.6 Å². The number of aryl methyl sites for hydroxylation is 1. The van der Waals surface area contributed by atoms with E-state index in [1.54, 1.807) is 7.11 Å². The highest BCUT2D eigenvalue weighted by atomic mass is 16.5. The van der Waals surface area contributed by atoms with E-state index < -0.39 is 0 Å². The number of hydrogen-bond acceptors (Lipinski definition) is 9. The second-order valence-electron chi connectivity index (χ2n) is 11.1. The van der Waals surface area contributed by atoms with Gasteiger partial charge in [-0.2, -0.15) is 0 Å². The third-order valence-corrected chi connectivity index (χ3v) is 8.31. The van der Waals surface area contributed by atoms with Crippen LogP contribution in [-0.4, -0.2) is 108 Å². The fourth-order valence-corrected chi connectivity index (χ4v) is 5.83. The highest BCUT2D eigenvalue weighted by Crippen LogP contribution is 2.36. The van der Waals surface area contributed by atoms with Gasteiger partial charge in [0.15, 0.2) is 11.6 Å². The summed E-state index contributed by atoms with van der Waals surface area (Å²) < 4.78 is 7.75. The molecule has 2 saturated heterocycles. The Morgan fingerprint density at radius 1 is 0.700 bits per heavy atom. The number of anilines is 2. The molecule has 0 spiro atoms. The van der Waals surface area contributed by atoms with E-state index in [0.717, 1.165) is 109 Å². The first-order valence-corrected chi connectivity index (χ1v) is 14.0. The van der Waals surface area contributed by atoms with E-state index in [9.17, 15) is 0 Å². The number of nitrogens with zero attached hydrogens (tertiary/aromatic N) is 9. The van der Waals surface area contributed by atoms with Gasteiger partial charge in [0, 0.05) is 57.7 Å². The van der Waals surface area contributed by atoms with Gasteiger partial charge in [0.2, 0.25) is 5.65 Å². The Balaban J connectivity index is 1.49. The Morgan fingerprint density at radius 2 is 1.35 bits per heavy atom. The Morgan fingerprint density at radius 3 is 2.05 bits per heavy atom. The monoisotopic (exact) mass is 537 g/mol. The van der Waals surface area contributed by atoms with Gasteiger partial charge in [-0.25, -0.2) is 9.97 Å². The van der Waals surface area contributed by atoms with Crippen LogP contribution in [0.2, 0.25) is 0 Å². The first-order valence-electron chi connectivity index (χ1n) is 14.0. The number of ether oxygens (including phenoxy) is 1. The lowest BCUT2D eigenvalue weighted by atomic mass is 10.1. The standard InChI is InChI=1S/C30H35N9O/c1-20-5-7-25-26(17-20)39-28(33-34-30(39)29(32-25)38-15-11-36(3)12-16-38)23-19-21-18-22(40-4)6-8-24(21)31-27(23)37-13-9-35(2)10-14-37/h5-8,17-19H,9-16H2,1-4H3. The van der Waals surface area contributed by atoms with Crippen molar-refractivity contribution in [2.75, 3.05) is 83.4 Å². The number of hydrogen-bond donors (Lipinski definition) is 0. The van der Waals surface area contributed by atoms with E-state index in [0.29, 0.717) is 0 Å². The van der Waals surface area contributed by atoms with Gasteiger partial charge >= 0.3 is 0 Å². The van der Waals surface area contributed by atoms with E-state index in [2.05, 4.69) is 69.3 Å². The van der Waals surface area contributed by atoms with Crippen molar-refractivity contribution in [1.29, 1.82) is 0 Å². The molecule has 7 rings (SSSR count). The average molecular weight is 538 g/mol. The van der Waals surface area contributed by atoms with Gasteiger partial charge in [-0.3, -0.25) is 4.40 Å². The molecule has 2 aromatic carbocycles. The van der Waals surface area contributed by atoms with Crippen molar-refractivity contribution in [3.63, 3.8) is 0 Å². The van der Waals surface area contributed by atoms with Gasteiger partial charge < -0.3 is 24.3 Å². The Bertz CT molecular complexity index is 1720. The molecule has 206 valence electrons. The molecule has 0 atom stereocenters. The number of pyridine rings is 1. The second-order valence-corrected chi connectivity index (χ2v) is 11.1. The summed E-state index contributed by atoms with van der Waals surface area (Å²) in [6, 6.07) is 14.7. The normalized spacial score (nSPS) is 17.4. The summed E-state index contributed by atoms with van der Waals surface area (Å²) in [4.78, 5) is 19.8. The average Bonchev–Trinajstić information content (AvgIpc) is 3.42. The minimum absolute atomic E-state index is 0.785. The molecule has 5 aromatic rings. The highest BCUT2D eigenvalue weighted by Gasteiger charge is 2.27. The number of rotatable bonds is 4. The molecule has 40 heavy (non-hydrogen) atoms. The molecule has 10 nitrogen and oxygen atoms in total. The van der Waals surface area contributed by atoms with Crippen LogP contribution in [0.25, 0.3) is 39.0 Å². The predicted molar refractivity (Wildman–Crippen MR) is 160 cm³/mol. The van der Waals surface area contributed by atoms with Crippen molar-refractivity contribution in [2.45, 2.75) is 6.92 Å². The molecule has 5 heterocycles. The molecular formula is C30H35N9O. The van der Waals surface area contributed by atoms with Crippen molar-refractivity contribution >= 4 is 39.2 Å². The molecule has 0 N–H and O–H groups in total. The van der Waals surface area contributed by atoms with Crippen LogP contribution < -0.4 is 14.5 Å². The summed E-state index contributed by atoms with van der Waals surface area (Å²) in [7, 11) is 6.04. The number of piperazine rings is 2. The van der Waals surface area contributed by atoms with Crippen LogP contribution in [0.15, 0.2) is 42.5 Å². The zero-order chi connectivity index (χ0) is 27.4. The SMILES string of the molecule is COc1ccc2nc(N3CCN(C)CC3)c(-c3nnc4c(N5CCN(C)CC5)nc5ccc(C)cc5n34)cc2c1. The van der Waals surface area contributed by atoms with Crippen molar-refractivity contribution < 1.29 is 4.74 Å². The van der Waals surface area contributed by atoms with E-state index in [-0.39, 0.29) is 0 Å². The third-order valence-electron chi connectivity index (χ3n) is 8.31. The van der Waals surface area contributed by atoms with E-state index in [1.165, 1.54) is 5.56 Å².